The molecule has 1 N–H and O–H groups in total. The van der Waals surface area contributed by atoms with E-state index >= 15 is 0 Å². The van der Waals surface area contributed by atoms with Crippen LogP contribution in [0.3, 0.4) is 0 Å². The van der Waals surface area contributed by atoms with Crippen molar-refractivity contribution in [3.63, 3.8) is 0 Å². The molecule has 1 aliphatic carbocycles. The fraction of sp³-hybridized carbons (Fsp3) is 0.348. The number of carbonyl (C=O) groups excluding carboxylic acids is 3. The minimum Gasteiger partial charge on any atom is -0.337 e. The van der Waals surface area contributed by atoms with Gasteiger partial charge in [0.1, 0.15) is 23.7 Å². The fourth-order valence-corrected chi connectivity index (χ4v) is 4.45. The second kappa shape index (κ2) is 7.76. The lowest BCUT2D eigenvalue weighted by Gasteiger charge is -2.34. The van der Waals surface area contributed by atoms with Gasteiger partial charge in [-0.3, -0.25) is 14.5 Å². The van der Waals surface area contributed by atoms with Crippen LogP contribution in [0, 0.1) is 11.6 Å². The number of likely N-dealkylation sites (N-methyl/N-ethyl adjacent to an activating group) is 1. The summed E-state index contributed by atoms with van der Waals surface area (Å²) in [5, 5.41) is 2.41. The zero-order chi connectivity index (χ0) is 22.3. The molecule has 0 saturated carbocycles. The third-order valence-corrected chi connectivity index (χ3v) is 6.23. The van der Waals surface area contributed by atoms with Gasteiger partial charge in [0.2, 0.25) is 5.91 Å². The van der Waals surface area contributed by atoms with E-state index in [1.54, 1.807) is 11.9 Å². The van der Waals surface area contributed by atoms with E-state index in [9.17, 15) is 23.2 Å². The molecule has 2 aromatic carbocycles. The third kappa shape index (κ3) is 3.56. The number of carbonyl (C=O) groups is 3. The van der Waals surface area contributed by atoms with Crippen LogP contribution in [0.2, 0.25) is 0 Å². The molecule has 0 spiro atoms. The maximum absolute atomic E-state index is 14.3. The lowest BCUT2D eigenvalue weighted by molar-refractivity contribution is -0.139. The highest BCUT2D eigenvalue weighted by molar-refractivity contribution is 6.09. The van der Waals surface area contributed by atoms with Gasteiger partial charge in [0.25, 0.3) is 5.91 Å². The molecule has 8 heteroatoms. The van der Waals surface area contributed by atoms with Crippen LogP contribution < -0.4 is 5.32 Å². The normalized spacial score (nSPS) is 22.8. The molecule has 4 amide bonds. The smallest absolute Gasteiger partial charge is 0.325 e. The molecule has 1 fully saturated rings. The third-order valence-electron chi connectivity index (χ3n) is 6.23. The predicted molar refractivity (Wildman–Crippen MR) is 109 cm³/mol. The van der Waals surface area contributed by atoms with Crippen molar-refractivity contribution in [2.75, 3.05) is 13.6 Å². The van der Waals surface area contributed by atoms with E-state index in [1.807, 2.05) is 24.3 Å². The summed E-state index contributed by atoms with van der Waals surface area (Å²) < 4.78 is 28.0. The standard InChI is InChI=1S/C23H23F2N3O3/c1-23(17-12-15(24)10-11-18(17)25)21(30)28(22(31)26-23)13-20(29)27(2)19-9-5-7-14-6-3-4-8-16(14)19/h3-4,6,8,10-12,19H,5,7,9,13H2,1-2H3,(H,26,31)/t19-,23-/m1/s1. The zero-order valence-corrected chi connectivity index (χ0v) is 17.3. The topological polar surface area (TPSA) is 69.7 Å². The Bertz CT molecular complexity index is 1070. The van der Waals surface area contributed by atoms with E-state index in [-0.39, 0.29) is 11.6 Å². The Balaban J connectivity index is 1.55. The Morgan fingerprint density at radius 3 is 2.74 bits per heavy atom. The van der Waals surface area contributed by atoms with E-state index in [1.165, 1.54) is 12.5 Å². The molecule has 2 aromatic rings. The van der Waals surface area contributed by atoms with Gasteiger partial charge in [0.15, 0.2) is 0 Å². The maximum atomic E-state index is 14.3. The molecule has 0 bridgehead atoms. The molecule has 162 valence electrons. The summed E-state index contributed by atoms with van der Waals surface area (Å²) in [5.41, 5.74) is 0.172. The molecule has 2 aliphatic rings. The van der Waals surface area contributed by atoms with Gasteiger partial charge in [0, 0.05) is 12.6 Å². The number of fused-ring (bicyclic) bond motifs is 1. The molecule has 1 saturated heterocycles. The highest BCUT2D eigenvalue weighted by Crippen LogP contribution is 2.34. The van der Waals surface area contributed by atoms with Gasteiger partial charge in [-0.15, -0.1) is 0 Å². The Labute approximate surface area is 178 Å². The SMILES string of the molecule is CN(C(=O)CN1C(=O)N[C@](C)(c2cc(F)ccc2F)C1=O)[C@@H]1CCCc2ccccc21. The largest absolute Gasteiger partial charge is 0.337 e. The summed E-state index contributed by atoms with van der Waals surface area (Å²) in [4.78, 5) is 40.8. The summed E-state index contributed by atoms with van der Waals surface area (Å²) in [6, 6.07) is 9.65. The molecule has 1 aliphatic heterocycles. The number of benzene rings is 2. The van der Waals surface area contributed by atoms with Crippen LogP contribution in [0.5, 0.6) is 0 Å². The van der Waals surface area contributed by atoms with Crippen LogP contribution in [0.4, 0.5) is 13.6 Å². The fourth-order valence-electron chi connectivity index (χ4n) is 4.45. The van der Waals surface area contributed by atoms with Crippen molar-refractivity contribution >= 4 is 17.8 Å². The maximum Gasteiger partial charge on any atom is 0.325 e. The number of halogens is 2. The second-order valence-corrected chi connectivity index (χ2v) is 8.18. The predicted octanol–water partition coefficient (Wildman–Crippen LogP) is 3.27. The van der Waals surface area contributed by atoms with Gasteiger partial charge in [0.05, 0.1) is 6.04 Å². The van der Waals surface area contributed by atoms with E-state index < -0.39 is 41.6 Å². The van der Waals surface area contributed by atoms with Crippen LogP contribution in [0.25, 0.3) is 0 Å². The quantitative estimate of drug-likeness (QED) is 0.762. The van der Waals surface area contributed by atoms with Crippen LogP contribution in [-0.4, -0.2) is 41.2 Å². The van der Waals surface area contributed by atoms with Crippen LogP contribution in [0.15, 0.2) is 42.5 Å². The number of imide groups is 1. The van der Waals surface area contributed by atoms with Gasteiger partial charge in [-0.25, -0.2) is 13.6 Å². The Kier molecular flexibility index (Phi) is 5.24. The number of hydrogen-bond donors (Lipinski definition) is 1. The Morgan fingerprint density at radius 2 is 1.97 bits per heavy atom. The minimum absolute atomic E-state index is 0.148. The van der Waals surface area contributed by atoms with Crippen LogP contribution in [-0.2, 0) is 21.5 Å². The van der Waals surface area contributed by atoms with Crippen molar-refractivity contribution in [2.45, 2.75) is 37.8 Å². The molecule has 6 nitrogen and oxygen atoms in total. The molecule has 0 radical (unpaired) electrons. The van der Waals surface area contributed by atoms with Crippen molar-refractivity contribution in [3.8, 4) is 0 Å². The van der Waals surface area contributed by atoms with Crippen molar-refractivity contribution in [3.05, 3.63) is 70.8 Å². The first kappa shape index (κ1) is 21.0. The van der Waals surface area contributed by atoms with E-state index in [0.29, 0.717) is 0 Å². The molecule has 1 heterocycles. The van der Waals surface area contributed by atoms with Gasteiger partial charge in [-0.1, -0.05) is 24.3 Å². The van der Waals surface area contributed by atoms with Crippen molar-refractivity contribution in [1.29, 1.82) is 0 Å². The van der Waals surface area contributed by atoms with Crippen molar-refractivity contribution < 1.29 is 23.2 Å². The van der Waals surface area contributed by atoms with E-state index in [2.05, 4.69) is 5.32 Å². The highest BCUT2D eigenvalue weighted by atomic mass is 19.1. The van der Waals surface area contributed by atoms with Gasteiger partial charge >= 0.3 is 6.03 Å². The lowest BCUT2D eigenvalue weighted by atomic mass is 9.87. The summed E-state index contributed by atoms with van der Waals surface area (Å²) in [6.07, 6.45) is 2.66. The summed E-state index contributed by atoms with van der Waals surface area (Å²) in [6.45, 7) is 0.822. The number of urea groups is 1. The second-order valence-electron chi connectivity index (χ2n) is 8.18. The van der Waals surface area contributed by atoms with E-state index in [0.717, 1.165) is 47.9 Å². The molecule has 0 unspecified atom stereocenters. The van der Waals surface area contributed by atoms with Crippen LogP contribution >= 0.6 is 0 Å². The molecular weight excluding hydrogens is 404 g/mol. The number of amides is 4. The highest BCUT2D eigenvalue weighted by Gasteiger charge is 2.51. The average Bonchev–Trinajstić information content (AvgIpc) is 2.98. The monoisotopic (exact) mass is 427 g/mol. The van der Waals surface area contributed by atoms with Gasteiger partial charge in [-0.2, -0.15) is 0 Å². The van der Waals surface area contributed by atoms with Gasteiger partial charge < -0.3 is 10.2 Å². The first-order chi connectivity index (χ1) is 14.7. The lowest BCUT2D eigenvalue weighted by Crippen LogP contribution is -2.45. The zero-order valence-electron chi connectivity index (χ0n) is 17.3. The summed E-state index contributed by atoms with van der Waals surface area (Å²) >= 11 is 0. The molecular formula is C23H23F2N3O3. The number of aryl methyl sites for hydroxylation is 1. The molecule has 31 heavy (non-hydrogen) atoms. The van der Waals surface area contributed by atoms with Crippen LogP contribution in [0.1, 0.15) is 42.5 Å². The van der Waals surface area contributed by atoms with Gasteiger partial charge in [-0.05, 0) is 55.5 Å². The Morgan fingerprint density at radius 1 is 1.23 bits per heavy atom. The molecule has 0 aromatic heterocycles. The number of nitrogens with zero attached hydrogens (tertiary/aromatic N) is 2. The summed E-state index contributed by atoms with van der Waals surface area (Å²) in [5.74, 6) is -2.76. The molecule has 2 atom stereocenters. The number of nitrogens with one attached hydrogen (secondary N) is 1. The summed E-state index contributed by atoms with van der Waals surface area (Å²) in [7, 11) is 1.65. The first-order valence-electron chi connectivity index (χ1n) is 10.2. The first-order valence-corrected chi connectivity index (χ1v) is 10.2. The van der Waals surface area contributed by atoms with Crippen molar-refractivity contribution in [1.82, 2.24) is 15.1 Å². The minimum atomic E-state index is -1.79. The average molecular weight is 427 g/mol. The Hall–Kier alpha value is -3.29. The number of rotatable bonds is 4. The van der Waals surface area contributed by atoms with E-state index in [4.69, 9.17) is 0 Å². The molecule has 4 rings (SSSR count). The van der Waals surface area contributed by atoms with Crippen molar-refractivity contribution in [2.24, 2.45) is 0 Å². The number of hydrogen-bond acceptors (Lipinski definition) is 3.